The van der Waals surface area contributed by atoms with Crippen molar-refractivity contribution in [2.45, 2.75) is 19.4 Å². The second kappa shape index (κ2) is 8.24. The summed E-state index contributed by atoms with van der Waals surface area (Å²) in [5.74, 6) is 0.605. The van der Waals surface area contributed by atoms with Crippen LogP contribution in [0.1, 0.15) is 17.9 Å². The van der Waals surface area contributed by atoms with Gasteiger partial charge in [-0.05, 0) is 29.8 Å². The van der Waals surface area contributed by atoms with E-state index in [1.54, 1.807) is 25.3 Å². The first-order chi connectivity index (χ1) is 12.7. The molecular weight excluding hydrogens is 337 g/mol. The number of carbonyl (C=O) groups excluding carboxylic acids is 1. The minimum Gasteiger partial charge on any atom is -0.497 e. The normalized spacial score (nSPS) is 10.5. The fourth-order valence-electron chi connectivity index (χ4n) is 2.35. The van der Waals surface area contributed by atoms with Gasteiger partial charge in [-0.15, -0.1) is 10.2 Å². The predicted octanol–water partition coefficient (Wildman–Crippen LogP) is 3.13. The van der Waals surface area contributed by atoms with Crippen LogP contribution in [-0.2, 0) is 17.8 Å². The average Bonchev–Trinajstić information content (AvgIpc) is 3.14. The Bertz CT molecular complexity index is 878. The van der Waals surface area contributed by atoms with Gasteiger partial charge in [0.25, 0.3) is 5.89 Å². The summed E-state index contributed by atoms with van der Waals surface area (Å²) in [5.41, 5.74) is 1.22. The lowest BCUT2D eigenvalue weighted by Gasteiger charge is -2.05. The van der Waals surface area contributed by atoms with Gasteiger partial charge in [0.15, 0.2) is 0 Å². The zero-order valence-electron chi connectivity index (χ0n) is 14.2. The third kappa shape index (κ3) is 4.44. The van der Waals surface area contributed by atoms with Crippen molar-refractivity contribution >= 4 is 5.91 Å². The molecule has 1 heterocycles. The zero-order chi connectivity index (χ0) is 18.4. The molecule has 1 amide bonds. The Kier molecular flexibility index (Phi) is 5.58. The highest BCUT2D eigenvalue weighted by Gasteiger charge is 2.13. The van der Waals surface area contributed by atoms with E-state index in [1.807, 2.05) is 24.3 Å². The monoisotopic (exact) mass is 355 g/mol. The van der Waals surface area contributed by atoms with Gasteiger partial charge in [0.1, 0.15) is 11.6 Å². The number of hydrogen-bond acceptors (Lipinski definition) is 5. The molecular formula is C19H18FN3O3. The van der Waals surface area contributed by atoms with E-state index in [0.717, 1.165) is 11.3 Å². The smallest absolute Gasteiger partial charge is 0.250 e. The van der Waals surface area contributed by atoms with E-state index in [1.165, 1.54) is 6.07 Å². The molecule has 0 bridgehead atoms. The number of methoxy groups -OCH3 is 1. The molecule has 0 aliphatic rings. The quantitative estimate of drug-likeness (QED) is 0.704. The summed E-state index contributed by atoms with van der Waals surface area (Å²) in [6.07, 6.45) is 0.491. The molecule has 0 aliphatic heterocycles. The van der Waals surface area contributed by atoms with Crippen LogP contribution in [0.5, 0.6) is 5.75 Å². The third-order valence-corrected chi connectivity index (χ3v) is 3.79. The van der Waals surface area contributed by atoms with Crippen LogP contribution < -0.4 is 10.1 Å². The lowest BCUT2D eigenvalue weighted by molar-refractivity contribution is -0.121. The van der Waals surface area contributed by atoms with Crippen LogP contribution in [0.2, 0.25) is 0 Å². The Morgan fingerprint density at radius 1 is 1.15 bits per heavy atom. The number of halogens is 1. The molecule has 0 aliphatic carbocycles. The van der Waals surface area contributed by atoms with Crippen LogP contribution in [0.15, 0.2) is 52.9 Å². The molecule has 0 radical (unpaired) electrons. The molecule has 0 atom stereocenters. The molecule has 2 aromatic carbocycles. The predicted molar refractivity (Wildman–Crippen MR) is 92.9 cm³/mol. The summed E-state index contributed by atoms with van der Waals surface area (Å²) in [6.45, 7) is 0.424. The van der Waals surface area contributed by atoms with E-state index in [9.17, 15) is 9.18 Å². The summed E-state index contributed by atoms with van der Waals surface area (Å²) in [4.78, 5) is 12.0. The molecule has 0 unspecified atom stereocenters. The Morgan fingerprint density at radius 2 is 1.92 bits per heavy atom. The van der Waals surface area contributed by atoms with Crippen LogP contribution in [0.3, 0.4) is 0 Å². The summed E-state index contributed by atoms with van der Waals surface area (Å²) in [5, 5.41) is 10.5. The summed E-state index contributed by atoms with van der Waals surface area (Å²) < 4.78 is 24.2. The Labute approximate surface area is 150 Å². The molecule has 7 heteroatoms. The van der Waals surface area contributed by atoms with Crippen LogP contribution in [-0.4, -0.2) is 23.2 Å². The molecule has 0 saturated carbocycles. The molecule has 1 N–H and O–H groups in total. The number of benzene rings is 2. The van der Waals surface area contributed by atoms with Crippen LogP contribution >= 0.6 is 0 Å². The minimum absolute atomic E-state index is 0.108. The van der Waals surface area contributed by atoms with E-state index in [2.05, 4.69) is 15.5 Å². The highest BCUT2D eigenvalue weighted by Crippen LogP contribution is 2.21. The second-order valence-electron chi connectivity index (χ2n) is 5.61. The fraction of sp³-hybridized carbons (Fsp3) is 0.211. The Hall–Kier alpha value is -3.22. The van der Waals surface area contributed by atoms with E-state index < -0.39 is 5.82 Å². The van der Waals surface area contributed by atoms with Crippen molar-refractivity contribution < 1.29 is 18.3 Å². The van der Waals surface area contributed by atoms with E-state index in [4.69, 9.17) is 9.15 Å². The highest BCUT2D eigenvalue weighted by atomic mass is 19.1. The summed E-state index contributed by atoms with van der Waals surface area (Å²) in [6, 6.07) is 13.6. The van der Waals surface area contributed by atoms with Gasteiger partial charge >= 0.3 is 0 Å². The van der Waals surface area contributed by atoms with E-state index in [0.29, 0.717) is 12.4 Å². The molecule has 0 fully saturated rings. The van der Waals surface area contributed by atoms with Gasteiger partial charge in [-0.2, -0.15) is 0 Å². The average molecular weight is 355 g/mol. The number of aryl methyl sites for hydroxylation is 1. The van der Waals surface area contributed by atoms with Crippen LogP contribution in [0, 0.1) is 5.82 Å². The molecule has 0 saturated heterocycles. The highest BCUT2D eigenvalue weighted by molar-refractivity contribution is 5.76. The molecule has 134 valence electrons. The lowest BCUT2D eigenvalue weighted by atomic mass is 10.2. The van der Waals surface area contributed by atoms with Crippen molar-refractivity contribution in [3.8, 4) is 17.2 Å². The van der Waals surface area contributed by atoms with Crippen LogP contribution in [0.4, 0.5) is 4.39 Å². The molecule has 3 aromatic rings. The Balaban J connectivity index is 1.49. The van der Waals surface area contributed by atoms with Gasteiger partial charge in [0.2, 0.25) is 11.8 Å². The van der Waals surface area contributed by atoms with Gasteiger partial charge in [-0.1, -0.05) is 24.3 Å². The molecule has 0 spiro atoms. The standard InChI is InChI=1S/C19H18FN3O3/c1-25-14-8-6-13(7-9-14)12-21-17(24)10-11-18-22-23-19(26-18)15-4-2-3-5-16(15)20/h2-9H,10-12H2,1H3,(H,21,24). The second-order valence-corrected chi connectivity index (χ2v) is 5.61. The maximum atomic E-state index is 13.7. The van der Waals surface area contributed by atoms with Crippen molar-refractivity contribution in [2.75, 3.05) is 7.11 Å². The third-order valence-electron chi connectivity index (χ3n) is 3.79. The maximum Gasteiger partial charge on any atom is 0.250 e. The molecule has 6 nitrogen and oxygen atoms in total. The first-order valence-electron chi connectivity index (χ1n) is 8.12. The molecule has 26 heavy (non-hydrogen) atoms. The molecule has 3 rings (SSSR count). The van der Waals surface area contributed by atoms with Gasteiger partial charge in [-0.25, -0.2) is 4.39 Å². The molecule has 1 aromatic heterocycles. The number of carbonyl (C=O) groups is 1. The van der Waals surface area contributed by atoms with Crippen molar-refractivity contribution in [3.63, 3.8) is 0 Å². The fourth-order valence-corrected chi connectivity index (χ4v) is 2.35. The summed E-state index contributed by atoms with van der Waals surface area (Å²) >= 11 is 0. The zero-order valence-corrected chi connectivity index (χ0v) is 14.2. The topological polar surface area (TPSA) is 77.2 Å². The van der Waals surface area contributed by atoms with Gasteiger partial charge < -0.3 is 14.5 Å². The van der Waals surface area contributed by atoms with Crippen molar-refractivity contribution in [2.24, 2.45) is 0 Å². The van der Waals surface area contributed by atoms with Crippen molar-refractivity contribution in [1.82, 2.24) is 15.5 Å². The minimum atomic E-state index is -0.431. The first kappa shape index (κ1) is 17.6. The van der Waals surface area contributed by atoms with Gasteiger partial charge in [0.05, 0.1) is 12.7 Å². The number of nitrogens with one attached hydrogen (secondary N) is 1. The van der Waals surface area contributed by atoms with E-state index >= 15 is 0 Å². The SMILES string of the molecule is COc1ccc(CNC(=O)CCc2nnc(-c3ccccc3F)o2)cc1. The maximum absolute atomic E-state index is 13.7. The number of aromatic nitrogens is 2. The lowest BCUT2D eigenvalue weighted by Crippen LogP contribution is -2.23. The summed E-state index contributed by atoms with van der Waals surface area (Å²) in [7, 11) is 1.60. The number of ether oxygens (including phenoxy) is 1. The first-order valence-corrected chi connectivity index (χ1v) is 8.12. The van der Waals surface area contributed by atoms with Crippen molar-refractivity contribution in [1.29, 1.82) is 0 Å². The van der Waals surface area contributed by atoms with Gasteiger partial charge in [0, 0.05) is 19.4 Å². The number of hydrogen-bond donors (Lipinski definition) is 1. The van der Waals surface area contributed by atoms with Crippen LogP contribution in [0.25, 0.3) is 11.5 Å². The van der Waals surface area contributed by atoms with Gasteiger partial charge in [-0.3, -0.25) is 4.79 Å². The number of rotatable bonds is 7. The number of amides is 1. The van der Waals surface area contributed by atoms with Crippen molar-refractivity contribution in [3.05, 3.63) is 65.8 Å². The van der Waals surface area contributed by atoms with E-state index in [-0.39, 0.29) is 30.2 Å². The largest absolute Gasteiger partial charge is 0.497 e. The Morgan fingerprint density at radius 3 is 2.65 bits per heavy atom. The number of nitrogens with zero attached hydrogens (tertiary/aromatic N) is 2.